The zero-order valence-corrected chi connectivity index (χ0v) is 15.6. The van der Waals surface area contributed by atoms with E-state index in [9.17, 15) is 13.2 Å². The van der Waals surface area contributed by atoms with Gasteiger partial charge in [-0.15, -0.1) is 0 Å². The zero-order chi connectivity index (χ0) is 18.6. The van der Waals surface area contributed by atoms with Crippen molar-refractivity contribution in [2.45, 2.75) is 63.1 Å². The smallest absolute Gasteiger partial charge is 0.194 e. The molecule has 0 amide bonds. The molecule has 1 saturated heterocycles. The van der Waals surface area contributed by atoms with E-state index in [1.54, 1.807) is 0 Å². The number of rotatable bonds is 1. The highest BCUT2D eigenvalue weighted by Crippen LogP contribution is 2.56. The summed E-state index contributed by atoms with van der Waals surface area (Å²) in [7, 11) is 0. The van der Waals surface area contributed by atoms with Gasteiger partial charge in [-0.2, -0.15) is 0 Å². The van der Waals surface area contributed by atoms with Crippen molar-refractivity contribution in [1.29, 1.82) is 0 Å². The molecule has 148 valence electrons. The van der Waals surface area contributed by atoms with Crippen molar-refractivity contribution < 1.29 is 22.6 Å². The number of benzene rings is 1. The van der Waals surface area contributed by atoms with Gasteiger partial charge >= 0.3 is 0 Å². The lowest BCUT2D eigenvalue weighted by atomic mass is 9.55. The quantitative estimate of drug-likeness (QED) is 0.594. The Morgan fingerprint density at radius 2 is 1.48 bits per heavy atom. The van der Waals surface area contributed by atoms with Crippen LogP contribution in [0.15, 0.2) is 12.1 Å². The summed E-state index contributed by atoms with van der Waals surface area (Å²) < 4.78 is 52.5. The summed E-state index contributed by atoms with van der Waals surface area (Å²) in [6.07, 6.45) is 8.56. The first-order valence-corrected chi connectivity index (χ1v) is 10.5. The van der Waals surface area contributed by atoms with E-state index in [0.717, 1.165) is 57.7 Å². The van der Waals surface area contributed by atoms with E-state index in [1.165, 1.54) is 25.0 Å². The molecular formula is C22H27F3O2. The minimum Gasteiger partial charge on any atom is -0.348 e. The van der Waals surface area contributed by atoms with Crippen LogP contribution < -0.4 is 0 Å². The molecule has 0 bridgehead atoms. The van der Waals surface area contributed by atoms with Crippen LogP contribution in [-0.4, -0.2) is 19.0 Å². The summed E-state index contributed by atoms with van der Waals surface area (Å²) in [6, 6.07) is 2.41. The number of ether oxygens (including phenoxy) is 2. The van der Waals surface area contributed by atoms with E-state index in [0.29, 0.717) is 23.3 Å². The van der Waals surface area contributed by atoms with E-state index in [2.05, 4.69) is 0 Å². The van der Waals surface area contributed by atoms with E-state index in [-0.39, 0.29) is 11.7 Å². The fourth-order valence-corrected chi connectivity index (χ4v) is 6.64. The number of hydrogen-bond acceptors (Lipinski definition) is 2. The van der Waals surface area contributed by atoms with E-state index >= 15 is 0 Å². The van der Waals surface area contributed by atoms with Crippen LogP contribution in [0.25, 0.3) is 0 Å². The normalized spacial score (nSPS) is 37.8. The van der Waals surface area contributed by atoms with Crippen LogP contribution in [0.3, 0.4) is 0 Å². The highest BCUT2D eigenvalue weighted by atomic mass is 19.2. The summed E-state index contributed by atoms with van der Waals surface area (Å²) in [5, 5.41) is 0. The zero-order valence-electron chi connectivity index (χ0n) is 15.6. The van der Waals surface area contributed by atoms with Crippen molar-refractivity contribution in [3.05, 3.63) is 35.1 Å². The third-order valence-corrected chi connectivity index (χ3v) is 7.83. The Bertz CT molecular complexity index is 693. The first kappa shape index (κ1) is 18.0. The molecule has 27 heavy (non-hydrogen) atoms. The second-order valence-electron chi connectivity index (χ2n) is 9.08. The first-order valence-electron chi connectivity index (χ1n) is 10.5. The van der Waals surface area contributed by atoms with Crippen molar-refractivity contribution in [2.75, 3.05) is 13.2 Å². The van der Waals surface area contributed by atoms with Crippen LogP contribution in [0, 0.1) is 41.1 Å². The third-order valence-electron chi connectivity index (χ3n) is 7.83. The molecule has 4 fully saturated rings. The molecular weight excluding hydrogens is 353 g/mol. The Morgan fingerprint density at radius 1 is 0.815 bits per heavy atom. The van der Waals surface area contributed by atoms with Crippen molar-refractivity contribution in [3.8, 4) is 0 Å². The summed E-state index contributed by atoms with van der Waals surface area (Å²) in [5.74, 6) is -0.942. The molecule has 3 saturated carbocycles. The lowest BCUT2D eigenvalue weighted by Crippen LogP contribution is -2.47. The van der Waals surface area contributed by atoms with Crippen molar-refractivity contribution in [2.24, 2.45) is 23.7 Å². The monoisotopic (exact) mass is 380 g/mol. The third kappa shape index (κ3) is 3.11. The van der Waals surface area contributed by atoms with Gasteiger partial charge in [-0.05, 0) is 85.8 Å². The lowest BCUT2D eigenvalue weighted by molar-refractivity contribution is -0.205. The minimum atomic E-state index is -1.36. The molecule has 5 atom stereocenters. The second-order valence-corrected chi connectivity index (χ2v) is 9.08. The molecule has 1 aromatic rings. The van der Waals surface area contributed by atoms with Crippen LogP contribution >= 0.6 is 0 Å². The highest BCUT2D eigenvalue weighted by Gasteiger charge is 2.50. The maximum Gasteiger partial charge on any atom is 0.194 e. The van der Waals surface area contributed by atoms with Gasteiger partial charge in [-0.3, -0.25) is 0 Å². The molecule has 1 heterocycles. The Labute approximate surface area is 158 Å². The van der Waals surface area contributed by atoms with Gasteiger partial charge in [0.25, 0.3) is 0 Å². The van der Waals surface area contributed by atoms with Crippen molar-refractivity contribution in [1.82, 2.24) is 0 Å². The molecule has 2 nitrogen and oxygen atoms in total. The van der Waals surface area contributed by atoms with Crippen LogP contribution in [0.5, 0.6) is 0 Å². The van der Waals surface area contributed by atoms with Gasteiger partial charge < -0.3 is 9.47 Å². The molecule has 0 radical (unpaired) electrons. The summed E-state index contributed by atoms with van der Waals surface area (Å²) in [6.45, 7) is 1.44. The summed E-state index contributed by atoms with van der Waals surface area (Å²) in [5.41, 5.74) is 0.627. The molecule has 0 aromatic heterocycles. The van der Waals surface area contributed by atoms with Gasteiger partial charge in [-0.1, -0.05) is 0 Å². The Kier molecular flexibility index (Phi) is 4.51. The largest absolute Gasteiger partial charge is 0.348 e. The van der Waals surface area contributed by atoms with E-state index in [4.69, 9.17) is 9.47 Å². The average molecular weight is 380 g/mol. The lowest BCUT2D eigenvalue weighted by Gasteiger charge is -2.52. The van der Waals surface area contributed by atoms with Crippen molar-refractivity contribution in [3.63, 3.8) is 0 Å². The molecule has 1 spiro atoms. The van der Waals surface area contributed by atoms with E-state index in [1.807, 2.05) is 0 Å². The van der Waals surface area contributed by atoms with Crippen molar-refractivity contribution >= 4 is 0 Å². The number of halogens is 3. The predicted octanol–water partition coefficient (Wildman–Crippen LogP) is 5.56. The molecule has 5 rings (SSSR count). The van der Waals surface area contributed by atoms with Gasteiger partial charge in [-0.25, -0.2) is 13.2 Å². The predicted molar refractivity (Wildman–Crippen MR) is 94.6 cm³/mol. The van der Waals surface area contributed by atoms with Gasteiger partial charge in [0.05, 0.1) is 13.2 Å². The molecule has 3 aliphatic carbocycles. The number of hydrogen-bond donors (Lipinski definition) is 0. The standard InChI is InChI=1S/C22H27F3O2/c23-19-10-16(11-20(24)21(19)25)13-3-4-17-14(9-13)1-2-15-12-22(6-5-18(15)17)26-7-8-27-22/h10-11,13-15,17-18H,1-9,12H2. The van der Waals surface area contributed by atoms with Gasteiger partial charge in [0.15, 0.2) is 23.2 Å². The van der Waals surface area contributed by atoms with Gasteiger partial charge in [0.1, 0.15) is 0 Å². The number of fused-ring (bicyclic) bond motifs is 3. The van der Waals surface area contributed by atoms with Gasteiger partial charge in [0.2, 0.25) is 0 Å². The highest BCUT2D eigenvalue weighted by molar-refractivity contribution is 5.24. The SMILES string of the molecule is Fc1cc(C2CCC3C(CCC4CC5(CCC43)OCCO5)C2)cc(F)c1F. The van der Waals surface area contributed by atoms with Crippen LogP contribution in [0.4, 0.5) is 13.2 Å². The molecule has 4 aliphatic rings. The second kappa shape index (κ2) is 6.77. The van der Waals surface area contributed by atoms with E-state index < -0.39 is 17.5 Å². The van der Waals surface area contributed by atoms with Crippen LogP contribution in [-0.2, 0) is 9.47 Å². The summed E-state index contributed by atoms with van der Waals surface area (Å²) >= 11 is 0. The minimum absolute atomic E-state index is 0.142. The first-order chi connectivity index (χ1) is 13.0. The molecule has 1 aliphatic heterocycles. The Balaban J connectivity index is 1.29. The maximum absolute atomic E-state index is 13.7. The molecule has 0 N–H and O–H groups in total. The molecule has 1 aromatic carbocycles. The topological polar surface area (TPSA) is 18.5 Å². The van der Waals surface area contributed by atoms with Crippen LogP contribution in [0.2, 0.25) is 0 Å². The average Bonchev–Trinajstić information content (AvgIpc) is 3.12. The van der Waals surface area contributed by atoms with Crippen LogP contribution in [0.1, 0.15) is 62.8 Å². The fraction of sp³-hybridized carbons (Fsp3) is 0.727. The van der Waals surface area contributed by atoms with Gasteiger partial charge in [0, 0.05) is 12.8 Å². The summed E-state index contributed by atoms with van der Waals surface area (Å²) in [4.78, 5) is 0. The fourth-order valence-electron chi connectivity index (χ4n) is 6.64. The maximum atomic E-state index is 13.7. The Hall–Kier alpha value is -1.07. The Morgan fingerprint density at radius 3 is 2.22 bits per heavy atom. The molecule has 5 unspecified atom stereocenters. The molecule has 5 heteroatoms.